The fourth-order valence-electron chi connectivity index (χ4n) is 2.11. The average molecular weight is 272 g/mol. The number of aromatic nitrogens is 5. The molecule has 0 aromatic carbocycles. The number of nitrogens with one attached hydrogen (secondary N) is 1. The maximum Gasteiger partial charge on any atom is 0.276 e. The second-order valence-corrected chi connectivity index (χ2v) is 4.17. The molecule has 0 bridgehead atoms. The number of fused-ring (bicyclic) bond motifs is 1. The molecule has 0 fully saturated rings. The largest absolute Gasteiger partial charge is 0.379 e. The monoisotopic (exact) mass is 272 g/mol. The van der Waals surface area contributed by atoms with Gasteiger partial charge in [0, 0.05) is 12.2 Å². The van der Waals surface area contributed by atoms with Gasteiger partial charge in [-0.3, -0.25) is 4.79 Å². The molecule has 3 N–H and O–H groups in total. The molecule has 102 valence electrons. The number of rotatable bonds is 3. The van der Waals surface area contributed by atoms with Gasteiger partial charge in [0.1, 0.15) is 0 Å². The molecule has 0 aliphatic carbocycles. The van der Waals surface area contributed by atoms with E-state index in [-0.39, 0.29) is 11.4 Å². The fourth-order valence-corrected chi connectivity index (χ4v) is 2.11. The predicted octanol–water partition coefficient (Wildman–Crippen LogP) is 1.02. The molecule has 0 saturated carbocycles. The summed E-state index contributed by atoms with van der Waals surface area (Å²) < 4.78 is 6.42. The molecule has 0 saturated heterocycles. The van der Waals surface area contributed by atoms with E-state index < -0.39 is 0 Å². The normalized spacial score (nSPS) is 11.1. The van der Waals surface area contributed by atoms with Crippen molar-refractivity contribution in [3.8, 4) is 11.5 Å². The SMILES string of the molecule is C=Cc1cc2c(nc(-c3nonc3N)n2CC)c(=O)[nH]1. The van der Waals surface area contributed by atoms with Crippen LogP contribution in [0.1, 0.15) is 12.6 Å². The highest BCUT2D eigenvalue weighted by atomic mass is 16.6. The highest BCUT2D eigenvalue weighted by molar-refractivity contribution is 5.82. The molecule has 3 rings (SSSR count). The smallest absolute Gasteiger partial charge is 0.276 e. The van der Waals surface area contributed by atoms with Crippen LogP contribution in [-0.2, 0) is 6.54 Å². The Labute approximate surface area is 112 Å². The lowest BCUT2D eigenvalue weighted by molar-refractivity contribution is 0.310. The van der Waals surface area contributed by atoms with E-state index in [9.17, 15) is 4.79 Å². The maximum absolute atomic E-state index is 12.0. The van der Waals surface area contributed by atoms with Crippen molar-refractivity contribution >= 4 is 22.9 Å². The molecule has 3 aromatic heterocycles. The van der Waals surface area contributed by atoms with Gasteiger partial charge < -0.3 is 15.3 Å². The van der Waals surface area contributed by atoms with E-state index in [0.717, 1.165) is 0 Å². The molecule has 20 heavy (non-hydrogen) atoms. The third-order valence-electron chi connectivity index (χ3n) is 3.03. The zero-order valence-electron chi connectivity index (χ0n) is 10.8. The van der Waals surface area contributed by atoms with Crippen LogP contribution in [0, 0.1) is 0 Å². The zero-order chi connectivity index (χ0) is 14.3. The van der Waals surface area contributed by atoms with E-state index in [0.29, 0.717) is 34.8 Å². The summed E-state index contributed by atoms with van der Waals surface area (Å²) in [7, 11) is 0. The Bertz CT molecular complexity index is 857. The summed E-state index contributed by atoms with van der Waals surface area (Å²) in [5.41, 5.74) is 7.34. The van der Waals surface area contributed by atoms with Gasteiger partial charge in [0.15, 0.2) is 22.9 Å². The van der Waals surface area contributed by atoms with Crippen molar-refractivity contribution in [2.24, 2.45) is 0 Å². The fraction of sp³-hybridized carbons (Fsp3) is 0.167. The second kappa shape index (κ2) is 4.34. The Balaban J connectivity index is 2.40. The Morgan fingerprint density at radius 2 is 2.35 bits per heavy atom. The molecule has 0 spiro atoms. The quantitative estimate of drug-likeness (QED) is 0.735. The number of pyridine rings is 1. The minimum absolute atomic E-state index is 0.135. The summed E-state index contributed by atoms with van der Waals surface area (Å²) in [4.78, 5) is 19.0. The molecule has 0 radical (unpaired) electrons. The number of aryl methyl sites for hydroxylation is 1. The standard InChI is InChI=1S/C12H12N6O2/c1-3-6-5-7-8(12(19)14-6)15-11(18(7)4-2)9-10(13)17-20-16-9/h3,5H,1,4H2,2H3,(H2,13,17)(H,14,19). The van der Waals surface area contributed by atoms with Crippen molar-refractivity contribution in [2.75, 3.05) is 5.73 Å². The second-order valence-electron chi connectivity index (χ2n) is 4.17. The summed E-state index contributed by atoms with van der Waals surface area (Å²) in [6.45, 7) is 6.18. The molecule has 0 aliphatic heterocycles. The highest BCUT2D eigenvalue weighted by Gasteiger charge is 2.19. The number of nitrogens with zero attached hydrogens (tertiary/aromatic N) is 4. The van der Waals surface area contributed by atoms with Crippen molar-refractivity contribution in [3.63, 3.8) is 0 Å². The van der Waals surface area contributed by atoms with Crippen LogP contribution < -0.4 is 11.3 Å². The first kappa shape index (κ1) is 12.2. The van der Waals surface area contributed by atoms with E-state index in [2.05, 4.69) is 31.5 Å². The first-order chi connectivity index (χ1) is 9.65. The van der Waals surface area contributed by atoms with Crippen molar-refractivity contribution in [3.05, 3.63) is 28.7 Å². The maximum atomic E-state index is 12.0. The van der Waals surface area contributed by atoms with Gasteiger partial charge in [-0.25, -0.2) is 9.61 Å². The molecule has 0 amide bonds. The number of imidazole rings is 1. The Hall–Kier alpha value is -2.90. The van der Waals surface area contributed by atoms with E-state index in [1.807, 2.05) is 11.5 Å². The Morgan fingerprint density at radius 3 is 2.95 bits per heavy atom. The van der Waals surface area contributed by atoms with Crippen LogP contribution in [0.2, 0.25) is 0 Å². The number of anilines is 1. The lowest BCUT2D eigenvalue weighted by Gasteiger charge is -2.03. The topological polar surface area (TPSA) is 116 Å². The number of nitrogens with two attached hydrogens (primary N) is 1. The highest BCUT2D eigenvalue weighted by Crippen LogP contribution is 2.25. The van der Waals surface area contributed by atoms with Gasteiger partial charge in [-0.2, -0.15) is 0 Å². The van der Waals surface area contributed by atoms with Gasteiger partial charge in [-0.05, 0) is 29.4 Å². The first-order valence-electron chi connectivity index (χ1n) is 6.00. The number of H-pyrrole nitrogens is 1. The van der Waals surface area contributed by atoms with Crippen LogP contribution in [-0.4, -0.2) is 24.8 Å². The third kappa shape index (κ3) is 1.62. The number of aromatic amines is 1. The minimum atomic E-state index is -0.291. The Kier molecular flexibility index (Phi) is 2.63. The molecular formula is C12H12N6O2. The van der Waals surface area contributed by atoms with Crippen LogP contribution in [0.4, 0.5) is 5.82 Å². The van der Waals surface area contributed by atoms with Crippen molar-refractivity contribution in [2.45, 2.75) is 13.5 Å². The Morgan fingerprint density at radius 1 is 1.55 bits per heavy atom. The molecule has 0 atom stereocenters. The molecule has 3 heterocycles. The average Bonchev–Trinajstić information content (AvgIpc) is 3.01. The number of hydrogen-bond acceptors (Lipinski definition) is 6. The van der Waals surface area contributed by atoms with E-state index in [4.69, 9.17) is 5.73 Å². The summed E-state index contributed by atoms with van der Waals surface area (Å²) in [6.07, 6.45) is 1.57. The van der Waals surface area contributed by atoms with Crippen LogP contribution in [0.3, 0.4) is 0 Å². The summed E-state index contributed by atoms with van der Waals surface area (Å²) in [5, 5.41) is 7.27. The first-order valence-corrected chi connectivity index (χ1v) is 6.00. The van der Waals surface area contributed by atoms with Crippen molar-refractivity contribution in [1.82, 2.24) is 24.8 Å². The van der Waals surface area contributed by atoms with Crippen LogP contribution in [0.25, 0.3) is 28.6 Å². The van der Waals surface area contributed by atoms with Gasteiger partial charge in [0.05, 0.1) is 5.52 Å². The number of nitrogen functional groups attached to an aromatic ring is 1. The van der Waals surface area contributed by atoms with Crippen LogP contribution in [0.5, 0.6) is 0 Å². The van der Waals surface area contributed by atoms with Gasteiger partial charge in [0.2, 0.25) is 0 Å². The van der Waals surface area contributed by atoms with Crippen LogP contribution in [0.15, 0.2) is 22.1 Å². The van der Waals surface area contributed by atoms with Gasteiger partial charge >= 0.3 is 0 Å². The van der Waals surface area contributed by atoms with Gasteiger partial charge in [-0.1, -0.05) is 6.58 Å². The lowest BCUT2D eigenvalue weighted by Crippen LogP contribution is -2.08. The van der Waals surface area contributed by atoms with E-state index in [1.54, 1.807) is 12.1 Å². The molecule has 3 aromatic rings. The summed E-state index contributed by atoms with van der Waals surface area (Å²) in [6, 6.07) is 1.80. The number of hydrogen-bond donors (Lipinski definition) is 2. The van der Waals surface area contributed by atoms with Gasteiger partial charge in [-0.15, -0.1) is 0 Å². The van der Waals surface area contributed by atoms with Crippen molar-refractivity contribution < 1.29 is 4.63 Å². The summed E-state index contributed by atoms with van der Waals surface area (Å²) >= 11 is 0. The van der Waals surface area contributed by atoms with E-state index >= 15 is 0 Å². The summed E-state index contributed by atoms with van der Waals surface area (Å²) in [5.74, 6) is 0.586. The van der Waals surface area contributed by atoms with Gasteiger partial charge in [0.25, 0.3) is 5.56 Å². The predicted molar refractivity (Wildman–Crippen MR) is 73.8 cm³/mol. The molecule has 8 nitrogen and oxygen atoms in total. The van der Waals surface area contributed by atoms with Crippen molar-refractivity contribution in [1.29, 1.82) is 0 Å². The molecule has 0 aliphatic rings. The third-order valence-corrected chi connectivity index (χ3v) is 3.03. The molecule has 8 heteroatoms. The van der Waals surface area contributed by atoms with Crippen LogP contribution >= 0.6 is 0 Å². The molecular weight excluding hydrogens is 260 g/mol. The lowest BCUT2D eigenvalue weighted by atomic mass is 10.3. The van der Waals surface area contributed by atoms with E-state index in [1.165, 1.54) is 0 Å². The minimum Gasteiger partial charge on any atom is -0.379 e. The zero-order valence-corrected chi connectivity index (χ0v) is 10.8. The molecule has 0 unspecified atom stereocenters.